The number of ether oxygens (including phenoxy) is 1. The van der Waals surface area contributed by atoms with Crippen LogP contribution < -0.4 is 4.74 Å². The molecule has 0 saturated heterocycles. The standard InChI is InChI=1S/C23H17Cl2N3O2S/c24-17-11-12-21(19(25)13-17)30-14-22-26-27-23(28(22)18-9-5-2-6-10-18)31-15-20(29)16-7-3-1-4-8-16/h1-13H,14-15H2. The summed E-state index contributed by atoms with van der Waals surface area (Å²) in [5.41, 5.74) is 1.55. The molecule has 0 fully saturated rings. The van der Waals surface area contributed by atoms with Crippen LogP contribution in [0.5, 0.6) is 5.75 Å². The summed E-state index contributed by atoms with van der Waals surface area (Å²) in [5.74, 6) is 1.37. The van der Waals surface area contributed by atoms with E-state index in [0.717, 1.165) is 5.69 Å². The van der Waals surface area contributed by atoms with Gasteiger partial charge < -0.3 is 4.74 Å². The van der Waals surface area contributed by atoms with Crippen LogP contribution in [-0.2, 0) is 6.61 Å². The zero-order valence-corrected chi connectivity index (χ0v) is 18.6. The summed E-state index contributed by atoms with van der Waals surface area (Å²) < 4.78 is 7.74. The van der Waals surface area contributed by atoms with Crippen molar-refractivity contribution in [3.8, 4) is 11.4 Å². The van der Waals surface area contributed by atoms with Crippen LogP contribution in [0.3, 0.4) is 0 Å². The minimum Gasteiger partial charge on any atom is -0.484 e. The second-order valence-electron chi connectivity index (χ2n) is 6.51. The molecule has 0 aliphatic heterocycles. The fraction of sp³-hybridized carbons (Fsp3) is 0.0870. The lowest BCUT2D eigenvalue weighted by molar-refractivity contribution is 0.102. The van der Waals surface area contributed by atoms with Crippen LogP contribution in [0.4, 0.5) is 0 Å². The van der Waals surface area contributed by atoms with Gasteiger partial charge in [0.1, 0.15) is 12.4 Å². The number of Topliss-reactive ketones (excluding diaryl/α,β-unsaturated/α-hetero) is 1. The average Bonchev–Trinajstić information content (AvgIpc) is 3.21. The highest BCUT2D eigenvalue weighted by Gasteiger charge is 2.17. The van der Waals surface area contributed by atoms with Crippen molar-refractivity contribution in [2.24, 2.45) is 0 Å². The fourth-order valence-electron chi connectivity index (χ4n) is 2.90. The summed E-state index contributed by atoms with van der Waals surface area (Å²) in [5, 5.41) is 10.1. The molecule has 8 heteroatoms. The molecule has 0 saturated carbocycles. The van der Waals surface area contributed by atoms with Gasteiger partial charge in [0, 0.05) is 16.3 Å². The maximum absolute atomic E-state index is 12.5. The molecule has 5 nitrogen and oxygen atoms in total. The predicted molar refractivity (Wildman–Crippen MR) is 124 cm³/mol. The molecule has 0 unspecified atom stereocenters. The van der Waals surface area contributed by atoms with Crippen LogP contribution in [0, 0.1) is 0 Å². The molecule has 0 atom stereocenters. The van der Waals surface area contributed by atoms with Gasteiger partial charge in [0.25, 0.3) is 0 Å². The molecule has 0 bridgehead atoms. The van der Waals surface area contributed by atoms with Gasteiger partial charge in [0.2, 0.25) is 0 Å². The summed E-state index contributed by atoms with van der Waals surface area (Å²) in [6, 6.07) is 23.9. The predicted octanol–water partition coefficient (Wildman–Crippen LogP) is 6.13. The Balaban J connectivity index is 1.56. The maximum Gasteiger partial charge on any atom is 0.196 e. The molecule has 1 aromatic heterocycles. The number of halogens is 2. The van der Waals surface area contributed by atoms with Crippen molar-refractivity contribution >= 4 is 40.7 Å². The quantitative estimate of drug-likeness (QED) is 0.229. The number of hydrogen-bond donors (Lipinski definition) is 0. The van der Waals surface area contributed by atoms with Gasteiger partial charge in [-0.2, -0.15) is 0 Å². The Morgan fingerprint density at radius 1 is 0.935 bits per heavy atom. The average molecular weight is 470 g/mol. The second-order valence-corrected chi connectivity index (χ2v) is 8.30. The van der Waals surface area contributed by atoms with E-state index in [1.165, 1.54) is 11.8 Å². The van der Waals surface area contributed by atoms with E-state index >= 15 is 0 Å². The highest BCUT2D eigenvalue weighted by atomic mass is 35.5. The molecular formula is C23H17Cl2N3O2S. The zero-order chi connectivity index (χ0) is 21.6. The molecular weight excluding hydrogens is 453 g/mol. The van der Waals surface area contributed by atoms with Crippen molar-refractivity contribution in [3.05, 3.63) is 100 Å². The van der Waals surface area contributed by atoms with Crippen molar-refractivity contribution in [1.29, 1.82) is 0 Å². The van der Waals surface area contributed by atoms with Gasteiger partial charge in [0.15, 0.2) is 16.8 Å². The van der Waals surface area contributed by atoms with Crippen LogP contribution in [0.1, 0.15) is 16.2 Å². The van der Waals surface area contributed by atoms with Gasteiger partial charge in [-0.05, 0) is 30.3 Å². The Kier molecular flexibility index (Phi) is 6.92. The number of hydrogen-bond acceptors (Lipinski definition) is 5. The number of carbonyl (C=O) groups excluding carboxylic acids is 1. The SMILES string of the molecule is O=C(CSc1nnc(COc2ccc(Cl)cc2Cl)n1-c1ccccc1)c1ccccc1. The normalized spacial score (nSPS) is 10.8. The Labute approximate surface area is 194 Å². The number of benzene rings is 3. The lowest BCUT2D eigenvalue weighted by Gasteiger charge is -2.12. The summed E-state index contributed by atoms with van der Waals surface area (Å²) in [6.45, 7) is 0.149. The smallest absolute Gasteiger partial charge is 0.196 e. The molecule has 4 rings (SSSR count). The molecule has 0 amide bonds. The molecule has 0 spiro atoms. The van der Waals surface area contributed by atoms with Crippen LogP contribution in [0.2, 0.25) is 10.0 Å². The van der Waals surface area contributed by atoms with Crippen LogP contribution in [-0.4, -0.2) is 26.3 Å². The lowest BCUT2D eigenvalue weighted by atomic mass is 10.2. The van der Waals surface area contributed by atoms with E-state index in [4.69, 9.17) is 27.9 Å². The Hall–Kier alpha value is -2.80. The Morgan fingerprint density at radius 2 is 1.65 bits per heavy atom. The van der Waals surface area contributed by atoms with Crippen LogP contribution in [0.15, 0.2) is 84.0 Å². The molecule has 3 aromatic carbocycles. The number of rotatable bonds is 8. The second kappa shape index (κ2) is 10.0. The number of para-hydroxylation sites is 1. The first-order valence-corrected chi connectivity index (χ1v) is 11.1. The van der Waals surface area contributed by atoms with Crippen molar-refractivity contribution in [3.63, 3.8) is 0 Å². The topological polar surface area (TPSA) is 57.0 Å². The van der Waals surface area contributed by atoms with Gasteiger partial charge in [-0.3, -0.25) is 9.36 Å². The van der Waals surface area contributed by atoms with Crippen LogP contribution in [0.25, 0.3) is 5.69 Å². The maximum atomic E-state index is 12.5. The monoisotopic (exact) mass is 469 g/mol. The summed E-state index contributed by atoms with van der Waals surface area (Å²) in [7, 11) is 0. The highest BCUT2D eigenvalue weighted by Crippen LogP contribution is 2.29. The van der Waals surface area contributed by atoms with Crippen molar-refractivity contribution in [2.45, 2.75) is 11.8 Å². The largest absolute Gasteiger partial charge is 0.484 e. The molecule has 1 heterocycles. The number of ketones is 1. The first kappa shape index (κ1) is 21.4. The fourth-order valence-corrected chi connectivity index (χ4v) is 4.22. The summed E-state index contributed by atoms with van der Waals surface area (Å²) in [4.78, 5) is 12.5. The van der Waals surface area contributed by atoms with Gasteiger partial charge >= 0.3 is 0 Å². The first-order chi connectivity index (χ1) is 15.1. The number of aromatic nitrogens is 3. The van der Waals surface area contributed by atoms with E-state index in [2.05, 4.69) is 10.2 Å². The van der Waals surface area contributed by atoms with E-state index < -0.39 is 0 Å². The molecule has 156 valence electrons. The minimum atomic E-state index is 0.0268. The molecule has 4 aromatic rings. The van der Waals surface area contributed by atoms with E-state index in [-0.39, 0.29) is 18.1 Å². The number of nitrogens with zero attached hydrogens (tertiary/aromatic N) is 3. The summed E-state index contributed by atoms with van der Waals surface area (Å²) in [6.07, 6.45) is 0. The molecule has 0 radical (unpaired) electrons. The third-order valence-electron chi connectivity index (χ3n) is 4.39. The Bertz CT molecular complexity index is 1180. The molecule has 0 aliphatic rings. The Morgan fingerprint density at radius 3 is 2.35 bits per heavy atom. The van der Waals surface area contributed by atoms with Crippen molar-refractivity contribution in [1.82, 2.24) is 14.8 Å². The molecule has 0 aliphatic carbocycles. The molecule has 0 N–H and O–H groups in total. The van der Waals surface area contributed by atoms with E-state index in [9.17, 15) is 4.79 Å². The van der Waals surface area contributed by atoms with Gasteiger partial charge in [-0.15, -0.1) is 10.2 Å². The minimum absolute atomic E-state index is 0.0268. The van der Waals surface area contributed by atoms with Crippen LogP contribution >= 0.6 is 35.0 Å². The summed E-state index contributed by atoms with van der Waals surface area (Å²) >= 11 is 13.5. The van der Waals surface area contributed by atoms with Gasteiger partial charge in [-0.25, -0.2) is 0 Å². The highest BCUT2D eigenvalue weighted by molar-refractivity contribution is 7.99. The first-order valence-electron chi connectivity index (χ1n) is 9.40. The third-order valence-corrected chi connectivity index (χ3v) is 5.85. The lowest BCUT2D eigenvalue weighted by Crippen LogP contribution is -2.08. The molecule has 31 heavy (non-hydrogen) atoms. The van der Waals surface area contributed by atoms with E-state index in [0.29, 0.717) is 32.3 Å². The van der Waals surface area contributed by atoms with E-state index in [1.54, 1.807) is 30.3 Å². The third kappa shape index (κ3) is 5.28. The van der Waals surface area contributed by atoms with E-state index in [1.807, 2.05) is 53.1 Å². The number of thioether (sulfide) groups is 1. The van der Waals surface area contributed by atoms with Crippen molar-refractivity contribution in [2.75, 3.05) is 5.75 Å². The van der Waals surface area contributed by atoms with Gasteiger partial charge in [0.05, 0.1) is 10.8 Å². The van der Waals surface area contributed by atoms with Gasteiger partial charge in [-0.1, -0.05) is 83.5 Å². The van der Waals surface area contributed by atoms with Crippen molar-refractivity contribution < 1.29 is 9.53 Å². The number of carbonyl (C=O) groups is 1. The zero-order valence-electron chi connectivity index (χ0n) is 16.2.